The fourth-order valence-corrected chi connectivity index (χ4v) is 2.56. The summed E-state index contributed by atoms with van der Waals surface area (Å²) in [6.07, 6.45) is 0. The first-order valence-corrected chi connectivity index (χ1v) is 7.00. The van der Waals surface area contributed by atoms with Crippen LogP contribution in [0.2, 0.25) is 0 Å². The van der Waals surface area contributed by atoms with E-state index in [2.05, 4.69) is 21.2 Å². The third-order valence-corrected chi connectivity index (χ3v) is 4.34. The zero-order valence-electron chi connectivity index (χ0n) is 8.87. The minimum absolute atomic E-state index is 0.00755. The molecule has 0 radical (unpaired) electrons. The summed E-state index contributed by atoms with van der Waals surface area (Å²) in [6, 6.07) is 10.1. The normalized spacial score (nSPS) is 12.6. The third kappa shape index (κ3) is 2.44. The maximum absolute atomic E-state index is 11.9. The molecule has 1 N–H and O–H groups in total. The van der Waals surface area contributed by atoms with Crippen LogP contribution in [0.4, 0.5) is 0 Å². The Kier molecular flexibility index (Phi) is 3.61. The second-order valence-electron chi connectivity index (χ2n) is 3.68. The minimum Gasteiger partial charge on any atom is -0.348 e. The minimum atomic E-state index is 0.00755. The van der Waals surface area contributed by atoms with Gasteiger partial charge in [0.25, 0.3) is 5.91 Å². The smallest absolute Gasteiger partial charge is 0.261 e. The van der Waals surface area contributed by atoms with E-state index in [1.165, 1.54) is 11.3 Å². The molecule has 84 valence electrons. The fourth-order valence-electron chi connectivity index (χ4n) is 1.43. The number of carbonyl (C=O) groups is 1. The highest BCUT2D eigenvalue weighted by Crippen LogP contribution is 2.25. The Hall–Kier alpha value is -0.870. The number of hydrogen-bond donors (Lipinski definition) is 1. The highest BCUT2D eigenvalue weighted by atomic mass is 79.9. The van der Waals surface area contributed by atoms with Gasteiger partial charge in [-0.05, 0) is 24.4 Å². The van der Waals surface area contributed by atoms with Crippen LogP contribution in [0.5, 0.6) is 0 Å². The third-order valence-electron chi connectivity index (χ3n) is 2.26. The number of amides is 1. The Morgan fingerprint density at radius 3 is 2.94 bits per heavy atom. The van der Waals surface area contributed by atoms with Crippen molar-refractivity contribution in [2.75, 3.05) is 5.33 Å². The first kappa shape index (κ1) is 11.6. The lowest BCUT2D eigenvalue weighted by Gasteiger charge is -2.08. The Bertz CT molecular complexity index is 475. The summed E-state index contributed by atoms with van der Waals surface area (Å²) in [5.41, 5.74) is 0. The van der Waals surface area contributed by atoms with Crippen molar-refractivity contribution in [3.05, 3.63) is 35.2 Å². The molecular formula is C12H12BrNOS. The predicted octanol–water partition coefficient (Wildman–Crippen LogP) is 3.41. The van der Waals surface area contributed by atoms with E-state index in [0.717, 1.165) is 20.3 Å². The van der Waals surface area contributed by atoms with Crippen molar-refractivity contribution in [1.82, 2.24) is 5.32 Å². The van der Waals surface area contributed by atoms with Gasteiger partial charge < -0.3 is 5.32 Å². The maximum Gasteiger partial charge on any atom is 0.261 e. The van der Waals surface area contributed by atoms with Gasteiger partial charge in [0.2, 0.25) is 0 Å². The van der Waals surface area contributed by atoms with Gasteiger partial charge in [-0.25, -0.2) is 0 Å². The molecular weight excluding hydrogens is 286 g/mol. The molecule has 0 fully saturated rings. The van der Waals surface area contributed by atoms with Crippen molar-refractivity contribution in [1.29, 1.82) is 0 Å². The molecule has 16 heavy (non-hydrogen) atoms. The average Bonchev–Trinajstić information content (AvgIpc) is 2.72. The lowest BCUT2D eigenvalue weighted by atomic mass is 10.2. The monoisotopic (exact) mass is 297 g/mol. The fraction of sp³-hybridized carbons (Fsp3) is 0.250. The SMILES string of the molecule is CC(CBr)NC(=O)c1cc2ccccc2s1. The maximum atomic E-state index is 11.9. The summed E-state index contributed by atoms with van der Waals surface area (Å²) in [5.74, 6) is 0.00755. The van der Waals surface area contributed by atoms with Crippen molar-refractivity contribution in [3.8, 4) is 0 Å². The molecule has 0 spiro atoms. The molecule has 0 aliphatic carbocycles. The van der Waals surface area contributed by atoms with Crippen LogP contribution in [0, 0.1) is 0 Å². The standard InChI is InChI=1S/C12H12BrNOS/c1-8(7-13)14-12(15)11-6-9-4-2-3-5-10(9)16-11/h2-6,8H,7H2,1H3,(H,14,15). The summed E-state index contributed by atoms with van der Waals surface area (Å²) in [4.78, 5) is 12.6. The van der Waals surface area contributed by atoms with E-state index in [1.54, 1.807) is 0 Å². The molecule has 2 rings (SSSR count). The molecule has 1 aromatic heterocycles. The number of carbonyl (C=O) groups excluding carboxylic acids is 1. The van der Waals surface area contributed by atoms with Crippen LogP contribution in [0.15, 0.2) is 30.3 Å². The van der Waals surface area contributed by atoms with E-state index in [9.17, 15) is 4.79 Å². The zero-order valence-corrected chi connectivity index (χ0v) is 11.3. The number of benzene rings is 1. The Balaban J connectivity index is 2.23. The van der Waals surface area contributed by atoms with E-state index in [1.807, 2.05) is 37.3 Å². The Morgan fingerprint density at radius 1 is 1.50 bits per heavy atom. The van der Waals surface area contributed by atoms with Crippen molar-refractivity contribution in [3.63, 3.8) is 0 Å². The van der Waals surface area contributed by atoms with Crippen LogP contribution in [-0.2, 0) is 0 Å². The molecule has 1 heterocycles. The highest BCUT2D eigenvalue weighted by molar-refractivity contribution is 9.09. The van der Waals surface area contributed by atoms with Gasteiger partial charge in [-0.2, -0.15) is 0 Å². The first-order chi connectivity index (χ1) is 7.70. The summed E-state index contributed by atoms with van der Waals surface area (Å²) >= 11 is 4.87. The number of hydrogen-bond acceptors (Lipinski definition) is 2. The molecule has 2 nitrogen and oxygen atoms in total. The number of alkyl halides is 1. The molecule has 1 unspecified atom stereocenters. The molecule has 2 aromatic rings. The number of halogens is 1. The number of nitrogens with one attached hydrogen (secondary N) is 1. The number of rotatable bonds is 3. The summed E-state index contributed by atoms with van der Waals surface area (Å²) < 4.78 is 1.15. The number of thiophene rings is 1. The van der Waals surface area contributed by atoms with E-state index in [4.69, 9.17) is 0 Å². The van der Waals surface area contributed by atoms with Crippen LogP contribution in [0.3, 0.4) is 0 Å². The van der Waals surface area contributed by atoms with Crippen LogP contribution < -0.4 is 5.32 Å². The lowest BCUT2D eigenvalue weighted by Crippen LogP contribution is -2.32. The van der Waals surface area contributed by atoms with E-state index in [-0.39, 0.29) is 11.9 Å². The molecule has 0 aliphatic rings. The second-order valence-corrected chi connectivity index (χ2v) is 5.41. The molecule has 0 bridgehead atoms. The lowest BCUT2D eigenvalue weighted by molar-refractivity contribution is 0.0948. The van der Waals surface area contributed by atoms with Gasteiger partial charge in [0, 0.05) is 16.1 Å². The van der Waals surface area contributed by atoms with Gasteiger partial charge in [0.05, 0.1) is 4.88 Å². The van der Waals surface area contributed by atoms with Gasteiger partial charge in [-0.3, -0.25) is 4.79 Å². The molecule has 1 aromatic carbocycles. The van der Waals surface area contributed by atoms with Crippen molar-refractivity contribution in [2.24, 2.45) is 0 Å². The van der Waals surface area contributed by atoms with Crippen LogP contribution >= 0.6 is 27.3 Å². The quantitative estimate of drug-likeness (QED) is 0.864. The van der Waals surface area contributed by atoms with Crippen molar-refractivity contribution >= 4 is 43.3 Å². The largest absolute Gasteiger partial charge is 0.348 e. The van der Waals surface area contributed by atoms with Crippen LogP contribution in [-0.4, -0.2) is 17.3 Å². The summed E-state index contributed by atoms with van der Waals surface area (Å²) in [5, 5.41) is 4.83. The average molecular weight is 298 g/mol. The Labute approximate surface area is 107 Å². The second kappa shape index (κ2) is 4.97. The van der Waals surface area contributed by atoms with Gasteiger partial charge in [0.15, 0.2) is 0 Å². The molecule has 1 amide bonds. The van der Waals surface area contributed by atoms with Crippen LogP contribution in [0.1, 0.15) is 16.6 Å². The van der Waals surface area contributed by atoms with Gasteiger partial charge >= 0.3 is 0 Å². The molecule has 0 aliphatic heterocycles. The summed E-state index contributed by atoms with van der Waals surface area (Å²) in [6.45, 7) is 1.97. The van der Waals surface area contributed by atoms with E-state index in [0.29, 0.717) is 0 Å². The van der Waals surface area contributed by atoms with Gasteiger partial charge in [0.1, 0.15) is 0 Å². The van der Waals surface area contributed by atoms with Crippen molar-refractivity contribution in [2.45, 2.75) is 13.0 Å². The van der Waals surface area contributed by atoms with Gasteiger partial charge in [-0.1, -0.05) is 34.1 Å². The van der Waals surface area contributed by atoms with Crippen LogP contribution in [0.25, 0.3) is 10.1 Å². The molecule has 0 saturated carbocycles. The number of fused-ring (bicyclic) bond motifs is 1. The molecule has 1 atom stereocenters. The zero-order chi connectivity index (χ0) is 11.5. The Morgan fingerprint density at radius 2 is 2.25 bits per heavy atom. The highest BCUT2D eigenvalue weighted by Gasteiger charge is 2.11. The van der Waals surface area contributed by atoms with E-state index >= 15 is 0 Å². The van der Waals surface area contributed by atoms with Gasteiger partial charge in [-0.15, -0.1) is 11.3 Å². The first-order valence-electron chi connectivity index (χ1n) is 5.06. The van der Waals surface area contributed by atoms with E-state index < -0.39 is 0 Å². The van der Waals surface area contributed by atoms with Crippen molar-refractivity contribution < 1.29 is 4.79 Å². The molecule has 4 heteroatoms. The molecule has 0 saturated heterocycles. The topological polar surface area (TPSA) is 29.1 Å². The predicted molar refractivity (Wildman–Crippen MR) is 72.5 cm³/mol. The summed E-state index contributed by atoms with van der Waals surface area (Å²) in [7, 11) is 0.